The average molecular weight is 222 g/mol. The molecular formula is C12H20N3O+. The summed E-state index contributed by atoms with van der Waals surface area (Å²) in [4.78, 5) is 11.9. The summed E-state index contributed by atoms with van der Waals surface area (Å²) in [5.74, 6) is -0.0549. The summed E-state index contributed by atoms with van der Waals surface area (Å²) in [5.41, 5.74) is 12.3. The summed E-state index contributed by atoms with van der Waals surface area (Å²) in [6.45, 7) is 2.60. The maximum atomic E-state index is 11.9. The fraction of sp³-hybridized carbons (Fsp3) is 0.500. The van der Waals surface area contributed by atoms with E-state index in [9.17, 15) is 4.79 Å². The second-order valence-electron chi connectivity index (χ2n) is 4.02. The Kier molecular flexibility index (Phi) is 5.08. The van der Waals surface area contributed by atoms with E-state index in [0.29, 0.717) is 13.0 Å². The largest absolute Gasteiger partial charge is 0.408 e. The summed E-state index contributed by atoms with van der Waals surface area (Å²) < 4.78 is 1.56. The van der Waals surface area contributed by atoms with Crippen molar-refractivity contribution in [3.05, 3.63) is 30.1 Å². The zero-order valence-electron chi connectivity index (χ0n) is 9.73. The Morgan fingerprint density at radius 3 is 2.88 bits per heavy atom. The van der Waals surface area contributed by atoms with Crippen LogP contribution in [0.5, 0.6) is 0 Å². The van der Waals surface area contributed by atoms with Crippen LogP contribution in [-0.2, 0) is 0 Å². The van der Waals surface area contributed by atoms with E-state index in [4.69, 9.17) is 11.5 Å². The second kappa shape index (κ2) is 6.35. The Balaban J connectivity index is 2.56. The van der Waals surface area contributed by atoms with Gasteiger partial charge < -0.3 is 11.5 Å². The van der Waals surface area contributed by atoms with Gasteiger partial charge in [-0.05, 0) is 38.8 Å². The molecule has 1 atom stereocenters. The monoisotopic (exact) mass is 222 g/mol. The first-order valence-electron chi connectivity index (χ1n) is 5.63. The van der Waals surface area contributed by atoms with E-state index >= 15 is 0 Å². The Hall–Kier alpha value is -1.26. The highest BCUT2D eigenvalue weighted by Crippen LogP contribution is 1.98. The van der Waals surface area contributed by atoms with Gasteiger partial charge in [-0.25, -0.2) is 4.79 Å². The third kappa shape index (κ3) is 3.72. The lowest BCUT2D eigenvalue weighted by Gasteiger charge is -2.05. The summed E-state index contributed by atoms with van der Waals surface area (Å²) >= 11 is 0. The molecule has 1 aromatic rings. The van der Waals surface area contributed by atoms with Crippen molar-refractivity contribution >= 4 is 5.91 Å². The van der Waals surface area contributed by atoms with Crippen LogP contribution in [0.25, 0.3) is 0 Å². The molecule has 0 aliphatic rings. The van der Waals surface area contributed by atoms with Crippen molar-refractivity contribution in [1.29, 1.82) is 0 Å². The molecule has 0 aromatic carbocycles. The van der Waals surface area contributed by atoms with Crippen molar-refractivity contribution < 1.29 is 9.36 Å². The molecule has 4 nitrogen and oxygen atoms in total. The van der Waals surface area contributed by atoms with Crippen LogP contribution >= 0.6 is 0 Å². The van der Waals surface area contributed by atoms with Gasteiger partial charge in [0, 0.05) is 11.6 Å². The topological polar surface area (TPSA) is 73.0 Å². The Morgan fingerprint density at radius 2 is 2.25 bits per heavy atom. The van der Waals surface area contributed by atoms with Gasteiger partial charge in [0.2, 0.25) is 0 Å². The van der Waals surface area contributed by atoms with Crippen molar-refractivity contribution in [2.45, 2.75) is 32.2 Å². The smallest absolute Gasteiger partial charge is 0.330 e. The number of nitrogens with zero attached hydrogens (tertiary/aromatic N) is 1. The molecule has 0 unspecified atom stereocenters. The molecule has 1 heterocycles. The number of carbonyl (C=O) groups is 1. The van der Waals surface area contributed by atoms with Crippen molar-refractivity contribution in [3.63, 3.8) is 0 Å². The summed E-state index contributed by atoms with van der Waals surface area (Å²) in [6.07, 6.45) is 6.04. The lowest BCUT2D eigenvalue weighted by molar-refractivity contribution is -0.575. The van der Waals surface area contributed by atoms with Gasteiger partial charge in [-0.1, -0.05) is 0 Å². The highest BCUT2D eigenvalue weighted by molar-refractivity contribution is 5.72. The predicted octanol–water partition coefficient (Wildman–Crippen LogP) is 0.379. The van der Waals surface area contributed by atoms with Crippen molar-refractivity contribution in [3.8, 4) is 0 Å². The van der Waals surface area contributed by atoms with Gasteiger partial charge >= 0.3 is 5.91 Å². The molecule has 0 radical (unpaired) electrons. The van der Waals surface area contributed by atoms with Crippen molar-refractivity contribution in [2.75, 3.05) is 6.54 Å². The first-order valence-corrected chi connectivity index (χ1v) is 5.63. The van der Waals surface area contributed by atoms with Crippen molar-refractivity contribution in [2.24, 2.45) is 11.5 Å². The Morgan fingerprint density at radius 1 is 1.50 bits per heavy atom. The summed E-state index contributed by atoms with van der Waals surface area (Å²) in [5, 5.41) is 0. The number of hydrogen-bond acceptors (Lipinski definition) is 3. The van der Waals surface area contributed by atoms with Gasteiger partial charge in [0.15, 0.2) is 12.4 Å². The summed E-state index contributed by atoms with van der Waals surface area (Å²) in [6, 6.07) is 3.36. The SMILES string of the molecule is Cc1ccc[n+](C(=O)[C@@H](N)CCCCN)c1. The molecule has 16 heavy (non-hydrogen) atoms. The zero-order chi connectivity index (χ0) is 12.0. The van der Waals surface area contributed by atoms with Crippen molar-refractivity contribution in [1.82, 2.24) is 0 Å². The molecule has 0 bridgehead atoms. The van der Waals surface area contributed by atoms with Gasteiger partial charge in [0.05, 0.1) is 0 Å². The lowest BCUT2D eigenvalue weighted by Crippen LogP contribution is -2.52. The number of aryl methyl sites for hydroxylation is 1. The van der Waals surface area contributed by atoms with Gasteiger partial charge in [0.25, 0.3) is 0 Å². The molecule has 88 valence electrons. The second-order valence-corrected chi connectivity index (χ2v) is 4.02. The number of aromatic nitrogens is 1. The molecule has 0 spiro atoms. The predicted molar refractivity (Wildman–Crippen MR) is 62.9 cm³/mol. The third-order valence-electron chi connectivity index (χ3n) is 2.49. The molecular weight excluding hydrogens is 202 g/mol. The maximum Gasteiger partial charge on any atom is 0.408 e. The summed E-state index contributed by atoms with van der Waals surface area (Å²) in [7, 11) is 0. The number of nitrogens with two attached hydrogens (primary N) is 2. The van der Waals surface area contributed by atoms with Crippen LogP contribution in [0.4, 0.5) is 0 Å². The maximum absolute atomic E-state index is 11.9. The fourth-order valence-corrected chi connectivity index (χ4v) is 1.55. The molecule has 1 rings (SSSR count). The normalized spacial score (nSPS) is 12.4. The minimum Gasteiger partial charge on any atom is -0.330 e. The zero-order valence-corrected chi connectivity index (χ0v) is 9.73. The molecule has 1 aromatic heterocycles. The Labute approximate surface area is 96.3 Å². The third-order valence-corrected chi connectivity index (χ3v) is 2.49. The van der Waals surface area contributed by atoms with Gasteiger partial charge in [-0.2, -0.15) is 0 Å². The molecule has 0 aliphatic heterocycles. The number of carbonyl (C=O) groups excluding carboxylic acids is 1. The van der Waals surface area contributed by atoms with Gasteiger partial charge in [-0.15, -0.1) is 4.57 Å². The first kappa shape index (κ1) is 12.8. The van der Waals surface area contributed by atoms with Crippen LogP contribution in [0.1, 0.15) is 29.6 Å². The molecule has 0 amide bonds. The molecule has 0 aliphatic carbocycles. The van der Waals surface area contributed by atoms with E-state index in [-0.39, 0.29) is 5.91 Å². The van der Waals surface area contributed by atoms with Crippen LogP contribution in [0.15, 0.2) is 24.5 Å². The lowest BCUT2D eigenvalue weighted by atomic mass is 10.1. The highest BCUT2D eigenvalue weighted by atomic mass is 16.2. The van der Waals surface area contributed by atoms with Crippen LogP contribution in [-0.4, -0.2) is 18.5 Å². The number of rotatable bonds is 5. The van der Waals surface area contributed by atoms with Crippen LogP contribution in [0, 0.1) is 6.92 Å². The van der Waals surface area contributed by atoms with Crippen LogP contribution < -0.4 is 16.0 Å². The first-order chi connectivity index (χ1) is 7.65. The average Bonchev–Trinajstić information content (AvgIpc) is 2.28. The van der Waals surface area contributed by atoms with E-state index < -0.39 is 6.04 Å². The number of unbranched alkanes of at least 4 members (excludes halogenated alkanes) is 1. The Bertz CT molecular complexity index is 352. The van der Waals surface area contributed by atoms with E-state index in [2.05, 4.69) is 0 Å². The number of hydrogen-bond donors (Lipinski definition) is 2. The molecule has 4 N–H and O–H groups in total. The fourth-order valence-electron chi connectivity index (χ4n) is 1.55. The minimum atomic E-state index is -0.432. The standard InChI is InChI=1S/C12H20N3O/c1-10-5-4-8-15(9-10)12(16)11(14)6-2-3-7-13/h4-5,8-9,11H,2-3,6-7,13-14H2,1H3/q+1/t11-/m0/s1. The van der Waals surface area contributed by atoms with E-state index in [1.165, 1.54) is 0 Å². The van der Waals surface area contributed by atoms with Gasteiger partial charge in [-0.3, -0.25) is 0 Å². The van der Waals surface area contributed by atoms with E-state index in [1.54, 1.807) is 17.0 Å². The minimum absolute atomic E-state index is 0.0549. The number of pyridine rings is 1. The van der Waals surface area contributed by atoms with Gasteiger partial charge in [0.1, 0.15) is 6.04 Å². The molecule has 4 heteroatoms. The van der Waals surface area contributed by atoms with E-state index in [0.717, 1.165) is 18.4 Å². The molecule has 0 saturated carbocycles. The molecule has 0 fully saturated rings. The van der Waals surface area contributed by atoms with Crippen LogP contribution in [0.3, 0.4) is 0 Å². The van der Waals surface area contributed by atoms with E-state index in [1.807, 2.05) is 19.1 Å². The van der Waals surface area contributed by atoms with Crippen LogP contribution in [0.2, 0.25) is 0 Å². The quantitative estimate of drug-likeness (QED) is 0.559. The highest BCUT2D eigenvalue weighted by Gasteiger charge is 2.22. The molecule has 0 saturated heterocycles.